The first kappa shape index (κ1) is 19.5. The predicted octanol–water partition coefficient (Wildman–Crippen LogP) is 3.46. The topological polar surface area (TPSA) is 68.1 Å². The van der Waals surface area contributed by atoms with E-state index < -0.39 is 10.0 Å². The first-order valence-electron chi connectivity index (χ1n) is 10.5. The number of hydrogen-bond donors (Lipinski definition) is 0. The molecule has 1 aliphatic carbocycles. The van der Waals surface area contributed by atoms with E-state index in [1.807, 2.05) is 18.3 Å². The molecule has 0 N–H and O–H groups in total. The summed E-state index contributed by atoms with van der Waals surface area (Å²) in [4.78, 5) is 8.59. The number of sulfonamides is 1. The lowest BCUT2D eigenvalue weighted by atomic mass is 9.94. The van der Waals surface area contributed by atoms with Crippen LogP contribution in [0, 0.1) is 5.92 Å². The first-order valence-corrected chi connectivity index (χ1v) is 12.2. The van der Waals surface area contributed by atoms with Crippen LogP contribution in [-0.2, 0) is 22.9 Å². The Labute approximate surface area is 177 Å². The number of hydrogen-bond acceptors (Lipinski definition) is 4. The van der Waals surface area contributed by atoms with E-state index in [2.05, 4.69) is 45.9 Å². The van der Waals surface area contributed by atoms with Crippen LogP contribution in [0.1, 0.15) is 36.2 Å². The van der Waals surface area contributed by atoms with Gasteiger partial charge in [0, 0.05) is 55.2 Å². The van der Waals surface area contributed by atoms with Crippen LogP contribution in [0.25, 0.3) is 17.0 Å². The van der Waals surface area contributed by atoms with Gasteiger partial charge in [0.2, 0.25) is 10.0 Å². The van der Waals surface area contributed by atoms with Gasteiger partial charge in [-0.05, 0) is 42.5 Å². The molecule has 0 spiro atoms. The summed E-state index contributed by atoms with van der Waals surface area (Å²) in [5, 5.41) is 1.12. The van der Waals surface area contributed by atoms with Crippen molar-refractivity contribution in [1.82, 2.24) is 18.8 Å². The van der Waals surface area contributed by atoms with Crippen LogP contribution < -0.4 is 0 Å². The van der Waals surface area contributed by atoms with Crippen molar-refractivity contribution in [2.24, 2.45) is 5.92 Å². The van der Waals surface area contributed by atoms with Gasteiger partial charge in [0.1, 0.15) is 0 Å². The van der Waals surface area contributed by atoms with Crippen LogP contribution in [0.2, 0.25) is 0 Å². The van der Waals surface area contributed by atoms with Gasteiger partial charge in [0.15, 0.2) is 0 Å². The fraction of sp³-hybridized carbons (Fsp3) is 0.391. The van der Waals surface area contributed by atoms with E-state index in [1.165, 1.54) is 11.1 Å². The Morgan fingerprint density at radius 1 is 1.20 bits per heavy atom. The van der Waals surface area contributed by atoms with Crippen LogP contribution in [0.5, 0.6) is 0 Å². The van der Waals surface area contributed by atoms with Gasteiger partial charge >= 0.3 is 0 Å². The lowest BCUT2D eigenvalue weighted by molar-refractivity contribution is 0.204. The maximum absolute atomic E-state index is 13.1. The zero-order valence-corrected chi connectivity index (χ0v) is 17.9. The van der Waals surface area contributed by atoms with E-state index in [0.29, 0.717) is 25.4 Å². The van der Waals surface area contributed by atoms with Gasteiger partial charge in [-0.2, -0.15) is 4.31 Å². The molecule has 6 nitrogen and oxygen atoms in total. The molecule has 0 bridgehead atoms. The Bertz CT molecular complexity index is 1200. The lowest BCUT2D eigenvalue weighted by Crippen LogP contribution is -2.44. The van der Waals surface area contributed by atoms with E-state index in [4.69, 9.17) is 0 Å². The largest absolute Gasteiger partial charge is 0.342 e. The summed E-state index contributed by atoms with van der Waals surface area (Å²) >= 11 is 0. The molecule has 1 saturated heterocycles. The third-order valence-electron chi connectivity index (χ3n) is 6.50. The number of pyridine rings is 2. The second-order valence-electron chi connectivity index (χ2n) is 8.36. The van der Waals surface area contributed by atoms with Gasteiger partial charge in [0.05, 0.1) is 23.0 Å². The van der Waals surface area contributed by atoms with Gasteiger partial charge in [-0.15, -0.1) is 0 Å². The van der Waals surface area contributed by atoms with E-state index in [-0.39, 0.29) is 11.8 Å². The molecule has 0 amide bonds. The van der Waals surface area contributed by atoms with Gasteiger partial charge < -0.3 is 4.57 Å². The summed E-state index contributed by atoms with van der Waals surface area (Å²) in [5.74, 6) is 0.536. The maximum Gasteiger partial charge on any atom is 0.214 e. The normalized spacial score (nSPS) is 21.9. The average molecular weight is 423 g/mol. The van der Waals surface area contributed by atoms with Crippen molar-refractivity contribution in [1.29, 1.82) is 0 Å². The molecule has 2 aliphatic rings. The molecule has 0 saturated carbocycles. The average Bonchev–Trinajstić information content (AvgIpc) is 3.40. The summed E-state index contributed by atoms with van der Waals surface area (Å²) in [6.45, 7) is 3.34. The van der Waals surface area contributed by atoms with Crippen LogP contribution >= 0.6 is 0 Å². The predicted molar refractivity (Wildman–Crippen MR) is 119 cm³/mol. The first-order chi connectivity index (χ1) is 14.5. The number of aromatic nitrogens is 3. The molecule has 5 rings (SSSR count). The second kappa shape index (κ2) is 7.63. The highest BCUT2D eigenvalue weighted by atomic mass is 32.2. The Morgan fingerprint density at radius 2 is 2.03 bits per heavy atom. The molecule has 156 valence electrons. The van der Waals surface area contributed by atoms with Crippen molar-refractivity contribution < 1.29 is 8.42 Å². The van der Waals surface area contributed by atoms with Crippen LogP contribution in [0.3, 0.4) is 0 Å². The summed E-state index contributed by atoms with van der Waals surface area (Å²) in [6.07, 6.45) is 14.0. The van der Waals surface area contributed by atoms with Crippen LogP contribution in [-0.4, -0.2) is 46.1 Å². The highest BCUT2D eigenvalue weighted by molar-refractivity contribution is 7.89. The van der Waals surface area contributed by atoms with Gasteiger partial charge in [-0.1, -0.05) is 19.1 Å². The number of aryl methyl sites for hydroxylation is 1. The number of piperidine rings is 1. The fourth-order valence-electron chi connectivity index (χ4n) is 4.68. The van der Waals surface area contributed by atoms with Crippen molar-refractivity contribution in [3.05, 3.63) is 65.9 Å². The zero-order chi connectivity index (χ0) is 20.7. The minimum atomic E-state index is -3.32. The SMILES string of the molecule is C[C@@H]1CCN(S(=O)(=O)CCc2ccncc2)C[C@@H]1n1ccc2cnc3c(c21)C=CC3. The van der Waals surface area contributed by atoms with Crippen molar-refractivity contribution in [2.45, 2.75) is 32.2 Å². The minimum absolute atomic E-state index is 0.118. The second-order valence-corrected chi connectivity index (χ2v) is 10.5. The third kappa shape index (κ3) is 3.46. The molecule has 30 heavy (non-hydrogen) atoms. The van der Waals surface area contributed by atoms with Gasteiger partial charge in [0.25, 0.3) is 0 Å². The Balaban J connectivity index is 1.41. The van der Waals surface area contributed by atoms with Crippen molar-refractivity contribution in [2.75, 3.05) is 18.8 Å². The van der Waals surface area contributed by atoms with E-state index in [9.17, 15) is 8.42 Å². The monoisotopic (exact) mass is 422 g/mol. The smallest absolute Gasteiger partial charge is 0.214 e. The highest BCUT2D eigenvalue weighted by Gasteiger charge is 2.34. The maximum atomic E-state index is 13.1. The molecule has 0 unspecified atom stereocenters. The summed E-state index contributed by atoms with van der Waals surface area (Å²) in [7, 11) is -3.32. The Kier molecular flexibility index (Phi) is 4.95. The third-order valence-corrected chi connectivity index (χ3v) is 8.34. The van der Waals surface area contributed by atoms with Crippen LogP contribution in [0.4, 0.5) is 0 Å². The molecule has 2 atom stereocenters. The fourth-order valence-corrected chi connectivity index (χ4v) is 6.19. The zero-order valence-electron chi connectivity index (χ0n) is 17.1. The minimum Gasteiger partial charge on any atom is -0.342 e. The van der Waals surface area contributed by atoms with E-state index in [0.717, 1.165) is 29.5 Å². The molecule has 0 radical (unpaired) electrons. The number of fused-ring (bicyclic) bond motifs is 3. The molecule has 3 aromatic heterocycles. The Hall–Kier alpha value is -2.51. The van der Waals surface area contributed by atoms with Crippen LogP contribution in [0.15, 0.2) is 49.1 Å². The standard InChI is InChI=1S/C23H26N4O2S/c1-17-7-12-26(30(28,29)14-9-18-5-10-24-11-6-18)16-22(17)27-13-8-19-15-25-21-4-2-3-20(21)23(19)27/h2-3,5-6,8,10-11,13,15,17,22H,4,7,9,12,14,16H2,1H3/t17-,22+/m1/s1. The number of allylic oxidation sites excluding steroid dienone is 1. The van der Waals surface area contributed by atoms with Gasteiger partial charge in [-0.3, -0.25) is 9.97 Å². The number of nitrogens with zero attached hydrogens (tertiary/aromatic N) is 4. The number of rotatable bonds is 5. The molecular formula is C23H26N4O2S. The molecule has 1 fully saturated rings. The summed E-state index contributed by atoms with van der Waals surface area (Å²) < 4.78 is 30.2. The summed E-state index contributed by atoms with van der Waals surface area (Å²) in [6, 6.07) is 5.97. The lowest BCUT2D eigenvalue weighted by Gasteiger charge is -2.37. The van der Waals surface area contributed by atoms with Crippen molar-refractivity contribution in [3.8, 4) is 0 Å². The molecule has 0 aromatic carbocycles. The molecule has 3 aromatic rings. The Morgan fingerprint density at radius 3 is 2.87 bits per heavy atom. The molecule has 1 aliphatic heterocycles. The van der Waals surface area contributed by atoms with Gasteiger partial charge in [-0.25, -0.2) is 8.42 Å². The molecular weight excluding hydrogens is 396 g/mol. The van der Waals surface area contributed by atoms with E-state index in [1.54, 1.807) is 16.7 Å². The van der Waals surface area contributed by atoms with Crippen molar-refractivity contribution in [3.63, 3.8) is 0 Å². The van der Waals surface area contributed by atoms with Crippen molar-refractivity contribution >= 4 is 27.0 Å². The van der Waals surface area contributed by atoms with E-state index >= 15 is 0 Å². The quantitative estimate of drug-likeness (QED) is 0.632. The summed E-state index contributed by atoms with van der Waals surface area (Å²) in [5.41, 5.74) is 4.47. The molecule has 4 heterocycles. The molecule has 7 heteroatoms. The highest BCUT2D eigenvalue weighted by Crippen LogP contribution is 2.35.